The van der Waals surface area contributed by atoms with Crippen LogP contribution in [0.15, 0.2) is 40.9 Å². The fourth-order valence-electron chi connectivity index (χ4n) is 3.53. The minimum absolute atomic E-state index is 0.467. The van der Waals surface area contributed by atoms with Crippen LogP contribution in [0.1, 0.15) is 56.1 Å². The summed E-state index contributed by atoms with van der Waals surface area (Å²) in [7, 11) is 0. The van der Waals surface area contributed by atoms with Crippen LogP contribution in [-0.2, 0) is 13.2 Å². The van der Waals surface area contributed by atoms with Gasteiger partial charge in [-0.15, -0.1) is 0 Å². The highest BCUT2D eigenvalue weighted by Gasteiger charge is 2.13. The van der Waals surface area contributed by atoms with E-state index in [-0.39, 0.29) is 0 Å². The topological polar surface area (TPSA) is 21.3 Å². The first-order chi connectivity index (χ1) is 13.1. The first-order valence-corrected chi connectivity index (χ1v) is 11.3. The van der Waals surface area contributed by atoms with E-state index in [1.165, 1.54) is 50.5 Å². The molecule has 5 heteroatoms. The summed E-state index contributed by atoms with van der Waals surface area (Å²) in [6.45, 7) is 1.29. The van der Waals surface area contributed by atoms with Gasteiger partial charge in [-0.1, -0.05) is 77.3 Å². The second kappa shape index (κ2) is 10.7. The van der Waals surface area contributed by atoms with Gasteiger partial charge in [0.05, 0.1) is 10.0 Å². The zero-order chi connectivity index (χ0) is 19.1. The Balaban J connectivity index is 1.62. The molecule has 1 fully saturated rings. The van der Waals surface area contributed by atoms with Gasteiger partial charge in [-0.05, 0) is 48.7 Å². The van der Waals surface area contributed by atoms with Crippen LogP contribution in [0, 0.1) is 0 Å². The average molecular weight is 471 g/mol. The monoisotopic (exact) mass is 469 g/mol. The number of hydrogen-bond acceptors (Lipinski definition) is 2. The Labute approximate surface area is 180 Å². The fraction of sp³-hybridized carbons (Fsp3) is 0.455. The van der Waals surface area contributed by atoms with E-state index in [4.69, 9.17) is 27.9 Å². The number of ether oxygens (including phenoxy) is 1. The van der Waals surface area contributed by atoms with Crippen LogP contribution < -0.4 is 10.1 Å². The van der Waals surface area contributed by atoms with Crippen molar-refractivity contribution in [1.82, 2.24) is 5.32 Å². The molecule has 0 saturated heterocycles. The second-order valence-electron chi connectivity index (χ2n) is 7.21. The van der Waals surface area contributed by atoms with Gasteiger partial charge in [-0.25, -0.2) is 0 Å². The van der Waals surface area contributed by atoms with Crippen molar-refractivity contribution in [1.29, 1.82) is 0 Å². The Kier molecular flexibility index (Phi) is 8.32. The van der Waals surface area contributed by atoms with E-state index in [2.05, 4.69) is 27.3 Å². The minimum atomic E-state index is 0.467. The molecule has 0 aliphatic heterocycles. The normalized spacial score (nSPS) is 16.0. The molecule has 0 atom stereocenters. The summed E-state index contributed by atoms with van der Waals surface area (Å²) in [4.78, 5) is 0. The van der Waals surface area contributed by atoms with Gasteiger partial charge in [0.2, 0.25) is 0 Å². The summed E-state index contributed by atoms with van der Waals surface area (Å²) in [5.41, 5.74) is 2.18. The van der Waals surface area contributed by atoms with Crippen LogP contribution >= 0.6 is 39.1 Å². The van der Waals surface area contributed by atoms with Crippen molar-refractivity contribution in [2.45, 2.75) is 64.1 Å². The predicted molar refractivity (Wildman–Crippen MR) is 118 cm³/mol. The van der Waals surface area contributed by atoms with E-state index in [1.807, 2.05) is 24.3 Å². The largest absolute Gasteiger partial charge is 0.489 e. The van der Waals surface area contributed by atoms with E-state index in [0.717, 1.165) is 22.3 Å². The molecule has 0 aromatic heterocycles. The summed E-state index contributed by atoms with van der Waals surface area (Å²) >= 11 is 15.7. The lowest BCUT2D eigenvalue weighted by Gasteiger charge is -2.22. The van der Waals surface area contributed by atoms with Crippen LogP contribution in [0.25, 0.3) is 0 Å². The summed E-state index contributed by atoms with van der Waals surface area (Å²) in [6.07, 6.45) is 9.33. The first kappa shape index (κ1) is 21.0. The third-order valence-corrected chi connectivity index (χ3v) is 6.32. The highest BCUT2D eigenvalue weighted by Crippen LogP contribution is 2.27. The molecule has 27 heavy (non-hydrogen) atoms. The SMILES string of the molecule is Clc1ccc(COc2ccc(Br)cc2CNC2CCCCCCC2)cc1Cl. The number of benzene rings is 2. The van der Waals surface area contributed by atoms with Crippen molar-refractivity contribution in [2.75, 3.05) is 0 Å². The van der Waals surface area contributed by atoms with Gasteiger partial charge in [0.25, 0.3) is 0 Å². The quantitative estimate of drug-likeness (QED) is 0.470. The van der Waals surface area contributed by atoms with Crippen molar-refractivity contribution in [2.24, 2.45) is 0 Å². The summed E-state index contributed by atoms with van der Waals surface area (Å²) in [5, 5.41) is 4.87. The number of nitrogens with one attached hydrogen (secondary N) is 1. The molecule has 1 aliphatic rings. The Hall–Kier alpha value is -0.740. The molecule has 2 nitrogen and oxygen atoms in total. The van der Waals surface area contributed by atoms with Crippen molar-refractivity contribution in [3.05, 3.63) is 62.0 Å². The molecular formula is C22H26BrCl2NO. The first-order valence-electron chi connectivity index (χ1n) is 9.70. The molecule has 2 aromatic carbocycles. The van der Waals surface area contributed by atoms with E-state index in [9.17, 15) is 0 Å². The lowest BCUT2D eigenvalue weighted by molar-refractivity contribution is 0.300. The molecule has 1 saturated carbocycles. The molecule has 0 unspecified atom stereocenters. The van der Waals surface area contributed by atoms with Crippen molar-refractivity contribution >= 4 is 39.1 Å². The van der Waals surface area contributed by atoms with Crippen LogP contribution in [0.3, 0.4) is 0 Å². The molecule has 0 spiro atoms. The Morgan fingerprint density at radius 3 is 2.41 bits per heavy atom. The molecule has 0 amide bonds. The molecule has 0 heterocycles. The minimum Gasteiger partial charge on any atom is -0.489 e. The van der Waals surface area contributed by atoms with Gasteiger partial charge in [0, 0.05) is 22.6 Å². The third kappa shape index (κ3) is 6.67. The van der Waals surface area contributed by atoms with E-state index >= 15 is 0 Å². The number of rotatable bonds is 6. The summed E-state index contributed by atoms with van der Waals surface area (Å²) in [6, 6.07) is 12.4. The molecule has 2 aromatic rings. The molecule has 146 valence electrons. The van der Waals surface area contributed by atoms with Gasteiger partial charge in [-0.2, -0.15) is 0 Å². The molecule has 1 aliphatic carbocycles. The standard InChI is InChI=1S/C22H26BrCl2NO/c23-18-9-11-22(27-15-16-8-10-20(24)21(25)12-16)17(13-18)14-26-19-6-4-2-1-3-5-7-19/h8-13,19,26H,1-7,14-15H2. The van der Waals surface area contributed by atoms with Crippen molar-refractivity contribution in [3.63, 3.8) is 0 Å². The van der Waals surface area contributed by atoms with Gasteiger partial charge in [0.15, 0.2) is 0 Å². The Morgan fingerprint density at radius 1 is 0.926 bits per heavy atom. The molecule has 0 radical (unpaired) electrons. The fourth-order valence-corrected chi connectivity index (χ4v) is 4.26. The van der Waals surface area contributed by atoms with Gasteiger partial charge in [0.1, 0.15) is 12.4 Å². The Bertz CT molecular complexity index is 745. The van der Waals surface area contributed by atoms with Crippen LogP contribution in [0.4, 0.5) is 0 Å². The highest BCUT2D eigenvalue weighted by atomic mass is 79.9. The van der Waals surface area contributed by atoms with E-state index in [0.29, 0.717) is 22.7 Å². The van der Waals surface area contributed by atoms with Crippen molar-refractivity contribution in [3.8, 4) is 5.75 Å². The maximum Gasteiger partial charge on any atom is 0.124 e. The Morgan fingerprint density at radius 2 is 1.67 bits per heavy atom. The predicted octanol–water partition coefficient (Wildman–Crippen LogP) is 7.54. The molecular weight excluding hydrogens is 445 g/mol. The van der Waals surface area contributed by atoms with Gasteiger partial charge >= 0.3 is 0 Å². The average Bonchev–Trinajstić information content (AvgIpc) is 2.63. The van der Waals surface area contributed by atoms with E-state index < -0.39 is 0 Å². The van der Waals surface area contributed by atoms with Crippen LogP contribution in [0.2, 0.25) is 10.0 Å². The lowest BCUT2D eigenvalue weighted by atomic mass is 9.96. The van der Waals surface area contributed by atoms with Crippen LogP contribution in [-0.4, -0.2) is 6.04 Å². The van der Waals surface area contributed by atoms with Crippen molar-refractivity contribution < 1.29 is 4.74 Å². The molecule has 3 rings (SSSR count). The van der Waals surface area contributed by atoms with Crippen LogP contribution in [0.5, 0.6) is 5.75 Å². The highest BCUT2D eigenvalue weighted by molar-refractivity contribution is 9.10. The zero-order valence-electron chi connectivity index (χ0n) is 15.4. The molecule has 1 N–H and O–H groups in total. The third-order valence-electron chi connectivity index (χ3n) is 5.09. The second-order valence-corrected chi connectivity index (χ2v) is 8.94. The maximum atomic E-state index is 6.10. The van der Waals surface area contributed by atoms with Gasteiger partial charge in [-0.3, -0.25) is 0 Å². The number of halogens is 3. The maximum absolute atomic E-state index is 6.10. The lowest BCUT2D eigenvalue weighted by Crippen LogP contribution is -2.29. The summed E-state index contributed by atoms with van der Waals surface area (Å²) in [5.74, 6) is 0.905. The summed E-state index contributed by atoms with van der Waals surface area (Å²) < 4.78 is 7.16. The van der Waals surface area contributed by atoms with Gasteiger partial charge < -0.3 is 10.1 Å². The zero-order valence-corrected chi connectivity index (χ0v) is 18.5. The van der Waals surface area contributed by atoms with E-state index in [1.54, 1.807) is 6.07 Å². The smallest absolute Gasteiger partial charge is 0.124 e. The number of hydrogen-bond donors (Lipinski definition) is 1. The molecule has 0 bridgehead atoms.